The van der Waals surface area contributed by atoms with E-state index in [9.17, 15) is 9.59 Å². The molecule has 0 bridgehead atoms. The summed E-state index contributed by atoms with van der Waals surface area (Å²) in [5, 5.41) is 2.81. The molecule has 20 heavy (non-hydrogen) atoms. The molecule has 0 saturated heterocycles. The Kier molecular flexibility index (Phi) is 5.37. The zero-order chi connectivity index (χ0) is 14.5. The van der Waals surface area contributed by atoms with Gasteiger partial charge in [-0.15, -0.1) is 0 Å². The van der Waals surface area contributed by atoms with Crippen LogP contribution in [0.2, 0.25) is 0 Å². The number of rotatable bonds is 5. The lowest BCUT2D eigenvalue weighted by atomic mass is 10.2. The molecule has 6 heteroatoms. The number of thiazole rings is 1. The minimum absolute atomic E-state index is 0.246. The topological polar surface area (TPSA) is 51.1 Å². The van der Waals surface area contributed by atoms with Gasteiger partial charge in [0.05, 0.1) is 10.2 Å². The van der Waals surface area contributed by atoms with Crippen LogP contribution in [0, 0.1) is 0 Å². The Morgan fingerprint density at radius 2 is 2.15 bits per heavy atom. The number of fused-ring (bicyclic) bond motifs is 1. The molecule has 2 aromatic rings. The van der Waals surface area contributed by atoms with Gasteiger partial charge in [-0.2, -0.15) is 0 Å². The van der Waals surface area contributed by atoms with Gasteiger partial charge in [-0.25, -0.2) is 9.36 Å². The van der Waals surface area contributed by atoms with Crippen LogP contribution in [0.1, 0.15) is 32.6 Å². The maximum absolute atomic E-state index is 12.1. The zero-order valence-corrected chi connectivity index (χ0v) is 13.7. The van der Waals surface area contributed by atoms with Gasteiger partial charge >= 0.3 is 10.9 Å². The molecule has 0 atom stereocenters. The summed E-state index contributed by atoms with van der Waals surface area (Å²) in [7, 11) is 0. The fraction of sp³-hybridized carbons (Fsp3) is 0.429. The van der Waals surface area contributed by atoms with Crippen LogP contribution in [0.25, 0.3) is 10.2 Å². The number of carbonyl (C=O) groups excluding carboxylic acids is 1. The van der Waals surface area contributed by atoms with Crippen molar-refractivity contribution in [2.45, 2.75) is 32.6 Å². The molecule has 1 amide bonds. The van der Waals surface area contributed by atoms with Crippen LogP contribution >= 0.6 is 27.3 Å². The van der Waals surface area contributed by atoms with Crippen molar-refractivity contribution >= 4 is 43.5 Å². The summed E-state index contributed by atoms with van der Waals surface area (Å²) in [6.45, 7) is 2.76. The SMILES string of the molecule is CCCCCCNC(=O)n1c(=O)sc2cc(Br)ccc21. The minimum Gasteiger partial charge on any atom is -0.337 e. The molecule has 0 aliphatic heterocycles. The van der Waals surface area contributed by atoms with E-state index in [4.69, 9.17) is 0 Å². The third kappa shape index (κ3) is 3.49. The summed E-state index contributed by atoms with van der Waals surface area (Å²) in [5.74, 6) is 0. The average molecular weight is 357 g/mol. The number of amides is 1. The van der Waals surface area contributed by atoms with Crippen LogP contribution in [-0.2, 0) is 0 Å². The summed E-state index contributed by atoms with van der Waals surface area (Å²) in [4.78, 5) is 23.8. The van der Waals surface area contributed by atoms with Gasteiger partial charge in [0.1, 0.15) is 0 Å². The maximum atomic E-state index is 12.1. The van der Waals surface area contributed by atoms with Gasteiger partial charge < -0.3 is 5.32 Å². The highest BCUT2D eigenvalue weighted by Gasteiger charge is 2.13. The van der Waals surface area contributed by atoms with Gasteiger partial charge in [0.25, 0.3) is 0 Å². The van der Waals surface area contributed by atoms with Crippen molar-refractivity contribution in [1.82, 2.24) is 9.88 Å². The molecular formula is C14H17BrN2O2S. The predicted octanol–water partition coefficient (Wildman–Crippen LogP) is 3.96. The number of carbonyl (C=O) groups is 1. The van der Waals surface area contributed by atoms with E-state index in [1.54, 1.807) is 6.07 Å². The van der Waals surface area contributed by atoms with E-state index in [1.165, 1.54) is 11.0 Å². The summed E-state index contributed by atoms with van der Waals surface area (Å²) < 4.78 is 2.93. The summed E-state index contributed by atoms with van der Waals surface area (Å²) >= 11 is 4.45. The molecule has 0 saturated carbocycles. The molecule has 4 nitrogen and oxygen atoms in total. The van der Waals surface area contributed by atoms with Crippen molar-refractivity contribution in [3.8, 4) is 0 Å². The lowest BCUT2D eigenvalue weighted by molar-refractivity contribution is 0.242. The molecule has 108 valence electrons. The van der Waals surface area contributed by atoms with E-state index in [1.807, 2.05) is 12.1 Å². The van der Waals surface area contributed by atoms with E-state index < -0.39 is 0 Å². The largest absolute Gasteiger partial charge is 0.337 e. The first-order valence-corrected chi connectivity index (χ1v) is 8.33. The number of halogens is 1. The third-order valence-electron chi connectivity index (χ3n) is 3.05. The zero-order valence-electron chi connectivity index (χ0n) is 11.3. The molecule has 2 rings (SSSR count). The second-order valence-corrected chi connectivity index (χ2v) is 6.52. The molecule has 1 aromatic heterocycles. The molecule has 1 N–H and O–H groups in total. The average Bonchev–Trinajstić information content (AvgIpc) is 2.73. The maximum Gasteiger partial charge on any atom is 0.329 e. The smallest absolute Gasteiger partial charge is 0.329 e. The van der Waals surface area contributed by atoms with Crippen LogP contribution < -0.4 is 10.2 Å². The highest BCUT2D eigenvalue weighted by molar-refractivity contribution is 9.10. The van der Waals surface area contributed by atoms with Gasteiger partial charge in [-0.05, 0) is 24.6 Å². The number of nitrogens with one attached hydrogen (secondary N) is 1. The summed E-state index contributed by atoms with van der Waals surface area (Å²) in [6, 6.07) is 5.14. The van der Waals surface area contributed by atoms with Crippen molar-refractivity contribution in [2.75, 3.05) is 6.54 Å². The Morgan fingerprint density at radius 3 is 2.90 bits per heavy atom. The first-order chi connectivity index (χ1) is 9.63. The molecule has 1 heterocycles. The summed E-state index contributed by atoms with van der Waals surface area (Å²) in [5.41, 5.74) is 0.661. The highest BCUT2D eigenvalue weighted by Crippen LogP contribution is 2.21. The number of hydrogen-bond acceptors (Lipinski definition) is 3. The van der Waals surface area contributed by atoms with Crippen LogP contribution in [0.3, 0.4) is 0 Å². The fourth-order valence-electron chi connectivity index (χ4n) is 2.01. The normalized spacial score (nSPS) is 10.9. The lowest BCUT2D eigenvalue weighted by Gasteiger charge is -2.05. The monoisotopic (exact) mass is 356 g/mol. The quantitative estimate of drug-likeness (QED) is 0.824. The molecular weight excluding hydrogens is 340 g/mol. The molecule has 0 aliphatic rings. The predicted molar refractivity (Wildman–Crippen MR) is 86.7 cm³/mol. The van der Waals surface area contributed by atoms with Crippen LogP contribution in [0.15, 0.2) is 27.5 Å². The molecule has 0 spiro atoms. The van der Waals surface area contributed by atoms with Gasteiger partial charge in [0, 0.05) is 11.0 Å². The van der Waals surface area contributed by atoms with Crippen molar-refractivity contribution in [2.24, 2.45) is 0 Å². The van der Waals surface area contributed by atoms with E-state index >= 15 is 0 Å². The number of hydrogen-bond donors (Lipinski definition) is 1. The van der Waals surface area contributed by atoms with Crippen molar-refractivity contribution in [1.29, 1.82) is 0 Å². The lowest BCUT2D eigenvalue weighted by Crippen LogP contribution is -2.34. The van der Waals surface area contributed by atoms with E-state index in [-0.39, 0.29) is 10.9 Å². The first-order valence-electron chi connectivity index (χ1n) is 6.72. The molecule has 1 aromatic carbocycles. The summed E-state index contributed by atoms with van der Waals surface area (Å²) in [6.07, 6.45) is 4.38. The molecule has 0 aliphatic carbocycles. The Bertz CT molecular complexity index is 663. The van der Waals surface area contributed by atoms with Crippen molar-refractivity contribution in [3.63, 3.8) is 0 Å². The Labute approximate surface area is 129 Å². The van der Waals surface area contributed by atoms with Gasteiger partial charge in [0.15, 0.2) is 0 Å². The minimum atomic E-state index is -0.333. The molecule has 0 unspecified atom stereocenters. The van der Waals surface area contributed by atoms with E-state index in [2.05, 4.69) is 28.2 Å². The van der Waals surface area contributed by atoms with Gasteiger partial charge in [0.2, 0.25) is 0 Å². The molecule has 0 fully saturated rings. The van der Waals surface area contributed by atoms with E-state index in [0.717, 1.165) is 39.8 Å². The number of unbranched alkanes of at least 4 members (excludes halogenated alkanes) is 3. The molecule has 0 radical (unpaired) electrons. The number of nitrogens with zero attached hydrogens (tertiary/aromatic N) is 1. The van der Waals surface area contributed by atoms with Crippen LogP contribution in [-0.4, -0.2) is 17.1 Å². The highest BCUT2D eigenvalue weighted by atomic mass is 79.9. The third-order valence-corrected chi connectivity index (χ3v) is 4.45. The number of aromatic nitrogens is 1. The second kappa shape index (κ2) is 7.04. The second-order valence-electron chi connectivity index (χ2n) is 4.61. The van der Waals surface area contributed by atoms with Gasteiger partial charge in [-0.1, -0.05) is 53.5 Å². The Hall–Kier alpha value is -1.14. The number of benzene rings is 1. The standard InChI is InChI=1S/C14H17BrN2O2S/c1-2-3-4-5-8-16-13(18)17-11-7-6-10(15)9-12(11)20-14(17)19/h6-7,9H,2-5,8H2,1H3,(H,16,18). The fourth-order valence-corrected chi connectivity index (χ4v) is 3.43. The van der Waals surface area contributed by atoms with Crippen LogP contribution in [0.4, 0.5) is 4.79 Å². The van der Waals surface area contributed by atoms with Crippen LogP contribution in [0.5, 0.6) is 0 Å². The van der Waals surface area contributed by atoms with Crippen molar-refractivity contribution < 1.29 is 4.79 Å². The Morgan fingerprint density at radius 1 is 1.35 bits per heavy atom. The first kappa shape index (κ1) is 15.3. The van der Waals surface area contributed by atoms with Crippen molar-refractivity contribution in [3.05, 3.63) is 32.3 Å². The Balaban J connectivity index is 2.10. The van der Waals surface area contributed by atoms with E-state index in [0.29, 0.717) is 12.1 Å². The van der Waals surface area contributed by atoms with Gasteiger partial charge in [-0.3, -0.25) is 4.79 Å².